The molecule has 0 aliphatic carbocycles. The number of carbonyl (C=O) groups excluding carboxylic acids is 1. The normalized spacial score (nSPS) is 11.1. The molecule has 0 heterocycles. The average molecular weight is 291 g/mol. The van der Waals surface area contributed by atoms with Gasteiger partial charge in [0.25, 0.3) is 0 Å². The van der Waals surface area contributed by atoms with E-state index in [-0.39, 0.29) is 12.8 Å². The van der Waals surface area contributed by atoms with Crippen LogP contribution in [0.25, 0.3) is 0 Å². The predicted molar refractivity (Wildman–Crippen MR) is 73.8 cm³/mol. The van der Waals surface area contributed by atoms with Gasteiger partial charge in [-0.05, 0) is 32.2 Å². The summed E-state index contributed by atoms with van der Waals surface area (Å²) in [4.78, 5) is 30.2. The van der Waals surface area contributed by atoms with E-state index < -0.39 is 23.9 Å². The Bertz CT molecular complexity index is 281. The van der Waals surface area contributed by atoms with Crippen molar-refractivity contribution in [3.05, 3.63) is 0 Å². The third-order valence-electron chi connectivity index (χ3n) is 2.37. The van der Waals surface area contributed by atoms with Crippen molar-refractivity contribution in [2.24, 2.45) is 17.2 Å². The highest BCUT2D eigenvalue weighted by atomic mass is 16.4. The Hall–Kier alpha value is -1.67. The Balaban J connectivity index is 0. The summed E-state index contributed by atoms with van der Waals surface area (Å²) < 4.78 is 0. The number of carboxylic acid groups (broad SMARTS) is 2. The topological polar surface area (TPSA) is 170 Å². The van der Waals surface area contributed by atoms with E-state index in [1.165, 1.54) is 0 Å². The fraction of sp³-hybridized carbons (Fsp3) is 0.750. The molecule has 20 heavy (non-hydrogen) atoms. The third-order valence-corrected chi connectivity index (χ3v) is 2.37. The van der Waals surface area contributed by atoms with Gasteiger partial charge in [0.05, 0.1) is 6.04 Å². The highest BCUT2D eigenvalue weighted by Gasteiger charge is 2.06. The zero-order valence-electron chi connectivity index (χ0n) is 11.6. The fourth-order valence-corrected chi connectivity index (χ4v) is 1.20. The molecule has 8 heteroatoms. The molecule has 0 saturated heterocycles. The lowest BCUT2D eigenvalue weighted by Crippen LogP contribution is -2.36. The first-order chi connectivity index (χ1) is 9.31. The van der Waals surface area contributed by atoms with Gasteiger partial charge in [-0.3, -0.25) is 14.4 Å². The van der Waals surface area contributed by atoms with Gasteiger partial charge >= 0.3 is 11.9 Å². The van der Waals surface area contributed by atoms with Crippen LogP contribution < -0.4 is 17.2 Å². The minimum absolute atomic E-state index is 0.0628. The highest BCUT2D eigenvalue weighted by molar-refractivity contribution is 5.79. The van der Waals surface area contributed by atoms with E-state index in [1.54, 1.807) is 0 Å². The monoisotopic (exact) mass is 291 g/mol. The van der Waals surface area contributed by atoms with Crippen molar-refractivity contribution in [3.63, 3.8) is 0 Å². The zero-order chi connectivity index (χ0) is 16.0. The molecule has 0 aromatic rings. The quantitative estimate of drug-likeness (QED) is 0.342. The summed E-state index contributed by atoms with van der Waals surface area (Å²) in [6.07, 6.45) is 3.44. The molecule has 8 nitrogen and oxygen atoms in total. The van der Waals surface area contributed by atoms with Gasteiger partial charge in [0, 0.05) is 12.8 Å². The molecular formula is C12H25N3O5. The standard InChI is InChI=1S/C6H15N3O.C6H10O4/c7-4-2-1-3-5(8)6(9)10;7-5(8)3-1-2-4-6(9)10/h5H,1-4,7-8H2,(H2,9,10);1-4H2,(H,7,8)(H,9,10). The van der Waals surface area contributed by atoms with Crippen LogP contribution in [0, 0.1) is 0 Å². The summed E-state index contributed by atoms with van der Waals surface area (Å²) in [7, 11) is 0. The number of amides is 1. The van der Waals surface area contributed by atoms with Crippen LogP contribution in [-0.4, -0.2) is 40.6 Å². The van der Waals surface area contributed by atoms with E-state index in [0.717, 1.165) is 12.8 Å². The van der Waals surface area contributed by atoms with Gasteiger partial charge in [0.15, 0.2) is 0 Å². The molecule has 0 aliphatic heterocycles. The average Bonchev–Trinajstić information content (AvgIpc) is 2.35. The van der Waals surface area contributed by atoms with Crippen LogP contribution in [0.2, 0.25) is 0 Å². The molecule has 1 atom stereocenters. The zero-order valence-corrected chi connectivity index (χ0v) is 11.6. The van der Waals surface area contributed by atoms with E-state index >= 15 is 0 Å². The Morgan fingerprint density at radius 2 is 1.35 bits per heavy atom. The summed E-state index contributed by atoms with van der Waals surface area (Å²) in [5, 5.41) is 16.3. The minimum Gasteiger partial charge on any atom is -0.481 e. The minimum atomic E-state index is -0.870. The molecule has 0 radical (unpaired) electrons. The first kappa shape index (κ1) is 20.6. The summed E-state index contributed by atoms with van der Waals surface area (Å²) in [6, 6.07) is -0.494. The first-order valence-electron chi connectivity index (χ1n) is 6.49. The number of hydrogen-bond acceptors (Lipinski definition) is 5. The first-order valence-corrected chi connectivity index (χ1v) is 6.49. The van der Waals surface area contributed by atoms with Crippen LogP contribution in [0.1, 0.15) is 44.9 Å². The number of carbonyl (C=O) groups is 3. The number of hydrogen-bond donors (Lipinski definition) is 5. The van der Waals surface area contributed by atoms with Crippen molar-refractivity contribution < 1.29 is 24.6 Å². The largest absolute Gasteiger partial charge is 0.481 e. The SMILES string of the molecule is NCCCCC(N)C(N)=O.O=C(O)CCCCC(=O)O. The van der Waals surface area contributed by atoms with Crippen LogP contribution in [0.4, 0.5) is 0 Å². The van der Waals surface area contributed by atoms with Gasteiger partial charge in [0.1, 0.15) is 0 Å². The number of nitrogens with two attached hydrogens (primary N) is 3. The van der Waals surface area contributed by atoms with Gasteiger partial charge in [-0.2, -0.15) is 0 Å². The number of aliphatic carboxylic acids is 2. The van der Waals surface area contributed by atoms with Crippen LogP contribution in [0.3, 0.4) is 0 Å². The fourth-order valence-electron chi connectivity index (χ4n) is 1.20. The second-order valence-electron chi connectivity index (χ2n) is 4.29. The Morgan fingerprint density at radius 3 is 1.65 bits per heavy atom. The molecule has 0 aromatic heterocycles. The summed E-state index contributed by atoms with van der Waals surface area (Å²) >= 11 is 0. The summed E-state index contributed by atoms with van der Waals surface area (Å²) in [5.41, 5.74) is 15.5. The molecule has 1 amide bonds. The van der Waals surface area contributed by atoms with E-state index in [0.29, 0.717) is 25.8 Å². The predicted octanol–water partition coefficient (Wildman–Crippen LogP) is -0.356. The number of unbranched alkanes of at least 4 members (excludes halogenated alkanes) is 2. The van der Waals surface area contributed by atoms with E-state index in [4.69, 9.17) is 27.4 Å². The Labute approximate surface area is 118 Å². The maximum absolute atomic E-state index is 10.4. The molecular weight excluding hydrogens is 266 g/mol. The molecule has 0 fully saturated rings. The molecule has 0 rings (SSSR count). The molecule has 0 bridgehead atoms. The van der Waals surface area contributed by atoms with Crippen LogP contribution in [0.5, 0.6) is 0 Å². The molecule has 0 aliphatic rings. The molecule has 0 spiro atoms. The lowest BCUT2D eigenvalue weighted by Gasteiger charge is -2.04. The van der Waals surface area contributed by atoms with E-state index in [9.17, 15) is 14.4 Å². The van der Waals surface area contributed by atoms with Crippen molar-refractivity contribution in [3.8, 4) is 0 Å². The molecule has 118 valence electrons. The van der Waals surface area contributed by atoms with Crippen LogP contribution in [-0.2, 0) is 14.4 Å². The van der Waals surface area contributed by atoms with Crippen molar-refractivity contribution in [1.82, 2.24) is 0 Å². The molecule has 8 N–H and O–H groups in total. The number of rotatable bonds is 10. The second kappa shape index (κ2) is 13.8. The maximum Gasteiger partial charge on any atom is 0.303 e. The van der Waals surface area contributed by atoms with Gasteiger partial charge in [-0.15, -0.1) is 0 Å². The second-order valence-corrected chi connectivity index (χ2v) is 4.29. The molecule has 0 saturated carbocycles. The Kier molecular flexibility index (Phi) is 14.2. The maximum atomic E-state index is 10.4. The van der Waals surface area contributed by atoms with E-state index in [2.05, 4.69) is 0 Å². The van der Waals surface area contributed by atoms with Gasteiger partial charge in [-0.1, -0.05) is 6.42 Å². The van der Waals surface area contributed by atoms with Crippen LogP contribution in [0.15, 0.2) is 0 Å². The lowest BCUT2D eigenvalue weighted by atomic mass is 10.1. The van der Waals surface area contributed by atoms with Gasteiger partial charge < -0.3 is 27.4 Å². The van der Waals surface area contributed by atoms with Crippen molar-refractivity contribution in [2.75, 3.05) is 6.54 Å². The summed E-state index contributed by atoms with van der Waals surface area (Å²) in [5.74, 6) is -2.17. The van der Waals surface area contributed by atoms with Gasteiger partial charge in [-0.25, -0.2) is 0 Å². The van der Waals surface area contributed by atoms with Crippen molar-refractivity contribution in [2.45, 2.75) is 51.0 Å². The number of primary amides is 1. The Morgan fingerprint density at radius 1 is 0.900 bits per heavy atom. The van der Waals surface area contributed by atoms with Crippen molar-refractivity contribution in [1.29, 1.82) is 0 Å². The van der Waals surface area contributed by atoms with Gasteiger partial charge in [0.2, 0.25) is 5.91 Å². The lowest BCUT2D eigenvalue weighted by molar-refractivity contribution is -0.139. The molecule has 1 unspecified atom stereocenters. The number of carboxylic acids is 2. The van der Waals surface area contributed by atoms with Crippen LogP contribution >= 0.6 is 0 Å². The van der Waals surface area contributed by atoms with E-state index in [1.807, 2.05) is 0 Å². The smallest absolute Gasteiger partial charge is 0.303 e. The molecule has 0 aromatic carbocycles. The van der Waals surface area contributed by atoms with Crippen molar-refractivity contribution >= 4 is 17.8 Å². The third kappa shape index (κ3) is 18.7. The summed E-state index contributed by atoms with van der Waals surface area (Å²) in [6.45, 7) is 0.644. The highest BCUT2D eigenvalue weighted by Crippen LogP contribution is 1.98.